The van der Waals surface area contributed by atoms with Crippen LogP contribution in [0, 0.1) is 5.82 Å². The highest BCUT2D eigenvalue weighted by Crippen LogP contribution is 2.28. The summed E-state index contributed by atoms with van der Waals surface area (Å²) in [6.45, 7) is 2.70. The van der Waals surface area contributed by atoms with Crippen LogP contribution in [0.4, 0.5) is 15.9 Å². The summed E-state index contributed by atoms with van der Waals surface area (Å²) in [5.41, 5.74) is 0.613. The van der Waals surface area contributed by atoms with E-state index in [4.69, 9.17) is 0 Å². The van der Waals surface area contributed by atoms with Gasteiger partial charge >= 0.3 is 0 Å². The van der Waals surface area contributed by atoms with Crippen molar-refractivity contribution in [2.75, 3.05) is 36.0 Å². The molecule has 0 unspecified atom stereocenters. The number of benzene rings is 1. The third-order valence-electron chi connectivity index (χ3n) is 5.71. The van der Waals surface area contributed by atoms with Crippen LogP contribution in [0.15, 0.2) is 41.4 Å². The van der Waals surface area contributed by atoms with Crippen LogP contribution in [0.1, 0.15) is 32.1 Å². The number of halogens is 1. The lowest BCUT2D eigenvalue weighted by molar-refractivity contribution is 0.481. The van der Waals surface area contributed by atoms with Crippen molar-refractivity contribution in [2.45, 2.75) is 42.4 Å². The van der Waals surface area contributed by atoms with E-state index in [2.05, 4.69) is 15.1 Å². The normalized spacial score (nSPS) is 19.0. The average molecular weight is 405 g/mol. The summed E-state index contributed by atoms with van der Waals surface area (Å²) in [5, 5.41) is 7.97. The Balaban J connectivity index is 1.42. The number of para-hydroxylation sites is 1. The standard InChI is InChI=1S/C20H25FN4O2S/c21-17-8-4-5-9-18(17)24-12-14-25(15-13-24)19-10-11-20(23-22-19)28(26,27)16-6-2-1-3-7-16/h4-5,8-11,16H,1-3,6-7,12-15H2. The van der Waals surface area contributed by atoms with Crippen LogP contribution in [-0.2, 0) is 9.84 Å². The molecule has 2 aromatic rings. The summed E-state index contributed by atoms with van der Waals surface area (Å²) in [4.78, 5) is 4.07. The second-order valence-electron chi connectivity index (χ2n) is 7.46. The molecule has 28 heavy (non-hydrogen) atoms. The first-order valence-electron chi connectivity index (χ1n) is 9.88. The lowest BCUT2D eigenvalue weighted by Crippen LogP contribution is -2.47. The van der Waals surface area contributed by atoms with E-state index < -0.39 is 9.84 Å². The van der Waals surface area contributed by atoms with Gasteiger partial charge in [0.15, 0.2) is 20.7 Å². The number of sulfone groups is 1. The summed E-state index contributed by atoms with van der Waals surface area (Å²) < 4.78 is 39.5. The highest BCUT2D eigenvalue weighted by Gasteiger charge is 2.30. The molecule has 1 aliphatic heterocycles. The molecule has 0 N–H and O–H groups in total. The van der Waals surface area contributed by atoms with Crippen LogP contribution in [0.5, 0.6) is 0 Å². The molecular weight excluding hydrogens is 379 g/mol. The van der Waals surface area contributed by atoms with Gasteiger partial charge in [-0.3, -0.25) is 0 Å². The molecule has 8 heteroatoms. The molecule has 1 aromatic heterocycles. The molecule has 2 aliphatic rings. The molecule has 0 radical (unpaired) electrons. The van der Waals surface area contributed by atoms with Crippen LogP contribution in [-0.4, -0.2) is 50.0 Å². The van der Waals surface area contributed by atoms with E-state index in [-0.39, 0.29) is 16.1 Å². The number of hydrogen-bond donors (Lipinski definition) is 0. The minimum atomic E-state index is -3.40. The summed E-state index contributed by atoms with van der Waals surface area (Å²) in [5.74, 6) is 0.448. The van der Waals surface area contributed by atoms with E-state index >= 15 is 0 Å². The van der Waals surface area contributed by atoms with E-state index in [0.717, 1.165) is 19.3 Å². The highest BCUT2D eigenvalue weighted by molar-refractivity contribution is 7.92. The predicted molar refractivity (Wildman–Crippen MR) is 107 cm³/mol. The second-order valence-corrected chi connectivity index (χ2v) is 9.64. The molecule has 0 atom stereocenters. The summed E-state index contributed by atoms with van der Waals surface area (Å²) in [7, 11) is -3.40. The molecule has 4 rings (SSSR count). The topological polar surface area (TPSA) is 66.4 Å². The van der Waals surface area contributed by atoms with Gasteiger partial charge in [-0.25, -0.2) is 12.8 Å². The molecule has 1 saturated carbocycles. The zero-order valence-electron chi connectivity index (χ0n) is 15.8. The maximum Gasteiger partial charge on any atom is 0.200 e. The fourth-order valence-corrected chi connectivity index (χ4v) is 5.77. The van der Waals surface area contributed by atoms with E-state index in [1.54, 1.807) is 24.3 Å². The van der Waals surface area contributed by atoms with Gasteiger partial charge in [0.25, 0.3) is 0 Å². The predicted octanol–water partition coefficient (Wildman–Crippen LogP) is 3.05. The Hall–Kier alpha value is -2.22. The fraction of sp³-hybridized carbons (Fsp3) is 0.500. The van der Waals surface area contributed by atoms with Crippen LogP contribution in [0.3, 0.4) is 0 Å². The van der Waals surface area contributed by atoms with Gasteiger partial charge < -0.3 is 9.80 Å². The minimum absolute atomic E-state index is 0.0770. The van der Waals surface area contributed by atoms with Crippen molar-refractivity contribution < 1.29 is 12.8 Å². The molecule has 2 heterocycles. The third kappa shape index (κ3) is 3.83. The number of piperazine rings is 1. The number of anilines is 2. The Kier molecular flexibility index (Phi) is 5.48. The quantitative estimate of drug-likeness (QED) is 0.780. The van der Waals surface area contributed by atoms with Crippen molar-refractivity contribution in [1.82, 2.24) is 10.2 Å². The lowest BCUT2D eigenvalue weighted by atomic mass is 10.0. The third-order valence-corrected chi connectivity index (χ3v) is 7.86. The summed E-state index contributed by atoms with van der Waals surface area (Å²) in [6.07, 6.45) is 4.45. The van der Waals surface area contributed by atoms with Crippen LogP contribution in [0.2, 0.25) is 0 Å². The van der Waals surface area contributed by atoms with Crippen molar-refractivity contribution in [3.05, 3.63) is 42.2 Å². The van der Waals surface area contributed by atoms with Gasteiger partial charge in [0.1, 0.15) is 5.82 Å². The van der Waals surface area contributed by atoms with Crippen LogP contribution < -0.4 is 9.80 Å². The van der Waals surface area contributed by atoms with Gasteiger partial charge in [-0.15, -0.1) is 10.2 Å². The second kappa shape index (κ2) is 8.03. The first-order valence-corrected chi connectivity index (χ1v) is 11.4. The molecule has 0 spiro atoms. The molecule has 6 nitrogen and oxygen atoms in total. The van der Waals surface area contributed by atoms with Crippen molar-refractivity contribution in [1.29, 1.82) is 0 Å². The smallest absolute Gasteiger partial charge is 0.200 e. The molecule has 1 saturated heterocycles. The Morgan fingerprint density at radius 1 is 0.857 bits per heavy atom. The van der Waals surface area contributed by atoms with E-state index in [1.807, 2.05) is 11.0 Å². The van der Waals surface area contributed by atoms with E-state index in [9.17, 15) is 12.8 Å². The van der Waals surface area contributed by atoms with Gasteiger partial charge in [0, 0.05) is 26.2 Å². The van der Waals surface area contributed by atoms with Crippen LogP contribution in [0.25, 0.3) is 0 Å². The minimum Gasteiger partial charge on any atom is -0.366 e. The molecule has 1 aromatic carbocycles. The average Bonchev–Trinajstić information content (AvgIpc) is 2.75. The molecule has 0 amide bonds. The number of rotatable bonds is 4. The van der Waals surface area contributed by atoms with Gasteiger partial charge in [-0.2, -0.15) is 0 Å². The maximum absolute atomic E-state index is 14.0. The van der Waals surface area contributed by atoms with E-state index in [1.165, 1.54) is 6.07 Å². The van der Waals surface area contributed by atoms with Gasteiger partial charge in [-0.05, 0) is 37.1 Å². The summed E-state index contributed by atoms with van der Waals surface area (Å²) >= 11 is 0. The first kappa shape index (κ1) is 19.1. The van der Waals surface area contributed by atoms with E-state index in [0.29, 0.717) is 50.5 Å². The first-order chi connectivity index (χ1) is 13.6. The molecule has 0 bridgehead atoms. The van der Waals surface area contributed by atoms with Crippen molar-refractivity contribution >= 4 is 21.3 Å². The monoisotopic (exact) mass is 404 g/mol. The molecule has 1 aliphatic carbocycles. The number of aromatic nitrogens is 2. The Labute approximate surface area is 165 Å². The fourth-order valence-electron chi connectivity index (χ4n) is 4.06. The lowest BCUT2D eigenvalue weighted by Gasteiger charge is -2.36. The Morgan fingerprint density at radius 3 is 2.18 bits per heavy atom. The molecule has 150 valence electrons. The van der Waals surface area contributed by atoms with Crippen LogP contribution >= 0.6 is 0 Å². The van der Waals surface area contributed by atoms with Gasteiger partial charge in [0.05, 0.1) is 10.9 Å². The van der Waals surface area contributed by atoms with Gasteiger partial charge in [-0.1, -0.05) is 31.4 Å². The van der Waals surface area contributed by atoms with Crippen molar-refractivity contribution in [3.8, 4) is 0 Å². The SMILES string of the molecule is O=S(=O)(c1ccc(N2CCN(c3ccccc3F)CC2)nn1)C1CCCCC1. The zero-order valence-corrected chi connectivity index (χ0v) is 16.6. The highest BCUT2D eigenvalue weighted by atomic mass is 32.2. The Bertz CT molecular complexity index is 906. The van der Waals surface area contributed by atoms with Gasteiger partial charge in [0.2, 0.25) is 0 Å². The summed E-state index contributed by atoms with van der Waals surface area (Å²) in [6, 6.07) is 10.1. The van der Waals surface area contributed by atoms with Crippen molar-refractivity contribution in [2.24, 2.45) is 0 Å². The largest absolute Gasteiger partial charge is 0.366 e. The zero-order chi connectivity index (χ0) is 19.6. The molecule has 2 fully saturated rings. The maximum atomic E-state index is 14.0. The van der Waals surface area contributed by atoms with Crippen molar-refractivity contribution in [3.63, 3.8) is 0 Å². The number of hydrogen-bond acceptors (Lipinski definition) is 6. The Morgan fingerprint density at radius 2 is 1.54 bits per heavy atom. The molecular formula is C20H25FN4O2S. The number of nitrogens with zero attached hydrogens (tertiary/aromatic N) is 4.